The molecular weight excluding hydrogens is 526 g/mol. The van der Waals surface area contributed by atoms with Crippen LogP contribution in [0, 0.1) is 0 Å². The predicted molar refractivity (Wildman–Crippen MR) is 147 cm³/mol. The molecule has 0 saturated carbocycles. The van der Waals surface area contributed by atoms with Gasteiger partial charge in [-0.25, -0.2) is 9.59 Å². The molecule has 0 saturated heterocycles. The highest BCUT2D eigenvalue weighted by Crippen LogP contribution is 2.19. The van der Waals surface area contributed by atoms with Gasteiger partial charge in [0.2, 0.25) is 5.91 Å². The van der Waals surface area contributed by atoms with Crippen molar-refractivity contribution in [2.24, 2.45) is 0 Å². The summed E-state index contributed by atoms with van der Waals surface area (Å²) in [6, 6.07) is 13.2. The van der Waals surface area contributed by atoms with Gasteiger partial charge in [-0.1, -0.05) is 48.0 Å². The van der Waals surface area contributed by atoms with Gasteiger partial charge in [0.1, 0.15) is 18.2 Å². The van der Waals surface area contributed by atoms with E-state index in [0.29, 0.717) is 29.1 Å². The fourth-order valence-electron chi connectivity index (χ4n) is 3.44. The van der Waals surface area contributed by atoms with E-state index in [0.717, 1.165) is 5.56 Å². The summed E-state index contributed by atoms with van der Waals surface area (Å²) in [7, 11) is 1.32. The van der Waals surface area contributed by atoms with E-state index < -0.39 is 29.7 Å². The molecule has 2 aromatic rings. The predicted octanol–water partition coefficient (Wildman–Crippen LogP) is 4.98. The fourth-order valence-corrected chi connectivity index (χ4v) is 3.63. The summed E-state index contributed by atoms with van der Waals surface area (Å²) >= 11 is 6.07. The van der Waals surface area contributed by atoms with Crippen molar-refractivity contribution in [1.82, 2.24) is 10.6 Å². The van der Waals surface area contributed by atoms with Crippen LogP contribution in [0.5, 0.6) is 0 Å². The van der Waals surface area contributed by atoms with Gasteiger partial charge in [0.05, 0.1) is 7.11 Å². The normalized spacial score (nSPS) is 11.6. The summed E-state index contributed by atoms with van der Waals surface area (Å²) in [6.45, 7) is 5.38. The van der Waals surface area contributed by atoms with E-state index in [-0.39, 0.29) is 32.0 Å². The van der Waals surface area contributed by atoms with E-state index in [1.807, 2.05) is 0 Å². The number of aryl methyl sites for hydroxylation is 1. The van der Waals surface area contributed by atoms with Crippen LogP contribution in [-0.2, 0) is 36.8 Å². The van der Waals surface area contributed by atoms with Crippen molar-refractivity contribution in [3.05, 3.63) is 64.7 Å². The van der Waals surface area contributed by atoms with Crippen LogP contribution in [0.4, 0.5) is 15.3 Å². The van der Waals surface area contributed by atoms with E-state index >= 15 is 0 Å². The number of hydrogen-bond acceptors (Lipinski definition) is 7. The summed E-state index contributed by atoms with van der Waals surface area (Å²) < 4.78 is 15.2. The Morgan fingerprint density at radius 2 is 1.62 bits per heavy atom. The Bertz CT molecular complexity index is 1130. The molecule has 0 aliphatic heterocycles. The van der Waals surface area contributed by atoms with Crippen LogP contribution in [0.3, 0.4) is 0 Å². The summed E-state index contributed by atoms with van der Waals surface area (Å²) in [6.07, 6.45) is -0.280. The zero-order valence-corrected chi connectivity index (χ0v) is 23.4. The Kier molecular flexibility index (Phi) is 12.6. The van der Waals surface area contributed by atoms with E-state index in [4.69, 9.17) is 25.8 Å². The Balaban J connectivity index is 1.97. The van der Waals surface area contributed by atoms with Crippen LogP contribution >= 0.6 is 11.6 Å². The van der Waals surface area contributed by atoms with Crippen molar-refractivity contribution in [3.8, 4) is 0 Å². The number of carbonyl (C=O) groups is 4. The number of amides is 3. The Hall–Kier alpha value is -3.79. The Morgan fingerprint density at radius 1 is 0.949 bits per heavy atom. The smallest absolute Gasteiger partial charge is 0.408 e. The number of ether oxygens (including phenoxy) is 3. The van der Waals surface area contributed by atoms with Crippen LogP contribution in [-0.4, -0.2) is 49.4 Å². The monoisotopic (exact) mass is 561 g/mol. The first kappa shape index (κ1) is 31.4. The average molecular weight is 562 g/mol. The molecule has 11 heteroatoms. The number of nitrogens with one attached hydrogen (secondary N) is 3. The van der Waals surface area contributed by atoms with Crippen molar-refractivity contribution in [3.63, 3.8) is 0 Å². The van der Waals surface area contributed by atoms with Crippen LogP contribution < -0.4 is 16.0 Å². The maximum absolute atomic E-state index is 13.2. The largest absolute Gasteiger partial charge is 0.469 e. The molecule has 0 fully saturated rings. The first-order valence-electron chi connectivity index (χ1n) is 12.6. The third-order valence-corrected chi connectivity index (χ3v) is 5.73. The zero-order valence-electron chi connectivity index (χ0n) is 22.7. The van der Waals surface area contributed by atoms with Crippen molar-refractivity contribution in [1.29, 1.82) is 0 Å². The second-order valence-electron chi connectivity index (χ2n) is 9.66. The number of benzene rings is 2. The fraction of sp³-hybridized carbons (Fsp3) is 0.429. The number of methoxy groups -OCH3 is 1. The summed E-state index contributed by atoms with van der Waals surface area (Å²) in [5.41, 5.74) is 1.19. The number of hydrogen-bond donors (Lipinski definition) is 3. The number of anilines is 1. The number of rotatable bonds is 12. The van der Waals surface area contributed by atoms with Crippen LogP contribution in [0.15, 0.2) is 48.5 Å². The number of carbonyl (C=O) groups excluding carboxylic acids is 4. The summed E-state index contributed by atoms with van der Waals surface area (Å²) in [5.74, 6) is -0.828. The third kappa shape index (κ3) is 12.1. The number of halogens is 1. The van der Waals surface area contributed by atoms with Gasteiger partial charge >= 0.3 is 18.2 Å². The maximum Gasteiger partial charge on any atom is 0.408 e. The van der Waals surface area contributed by atoms with Gasteiger partial charge in [-0.3, -0.25) is 9.59 Å². The molecule has 2 aromatic carbocycles. The summed E-state index contributed by atoms with van der Waals surface area (Å²) in [4.78, 5) is 49.3. The van der Waals surface area contributed by atoms with Gasteiger partial charge in [-0.15, -0.1) is 0 Å². The van der Waals surface area contributed by atoms with Crippen molar-refractivity contribution in [2.45, 2.75) is 64.7 Å². The lowest BCUT2D eigenvalue weighted by molar-refractivity contribution is -0.140. The molecule has 212 valence electrons. The van der Waals surface area contributed by atoms with E-state index in [1.54, 1.807) is 69.3 Å². The first-order valence-corrected chi connectivity index (χ1v) is 13.0. The molecule has 3 amide bonds. The minimum absolute atomic E-state index is 0.0200. The first-order chi connectivity index (χ1) is 18.5. The molecule has 39 heavy (non-hydrogen) atoms. The molecule has 1 atom stereocenters. The molecule has 0 heterocycles. The van der Waals surface area contributed by atoms with Gasteiger partial charge in [0.25, 0.3) is 0 Å². The Morgan fingerprint density at radius 3 is 2.28 bits per heavy atom. The lowest BCUT2D eigenvalue weighted by atomic mass is 10.1. The number of para-hydroxylation sites is 1. The number of esters is 1. The average Bonchev–Trinajstić information content (AvgIpc) is 2.88. The van der Waals surface area contributed by atoms with Gasteiger partial charge < -0.3 is 30.2 Å². The molecule has 0 bridgehead atoms. The minimum atomic E-state index is -0.950. The minimum Gasteiger partial charge on any atom is -0.469 e. The second kappa shape index (κ2) is 15.6. The van der Waals surface area contributed by atoms with Crippen molar-refractivity contribution < 1.29 is 33.4 Å². The van der Waals surface area contributed by atoms with Crippen molar-refractivity contribution >= 4 is 41.4 Å². The topological polar surface area (TPSA) is 132 Å². The quantitative estimate of drug-likeness (QED) is 0.189. The van der Waals surface area contributed by atoms with Crippen molar-refractivity contribution in [2.75, 3.05) is 19.0 Å². The SMILES string of the molecule is COC(=O)CCc1ccccc1NC(=O)[C@H](CCCNC(=O)OCc1ccccc1Cl)NC(=O)OC(C)(C)C. The van der Waals surface area contributed by atoms with Crippen LogP contribution in [0.25, 0.3) is 0 Å². The van der Waals surface area contributed by atoms with Gasteiger partial charge in [-0.05, 0) is 57.7 Å². The molecule has 10 nitrogen and oxygen atoms in total. The zero-order chi connectivity index (χ0) is 28.8. The van der Waals surface area contributed by atoms with E-state index in [9.17, 15) is 19.2 Å². The maximum atomic E-state index is 13.2. The lowest BCUT2D eigenvalue weighted by Gasteiger charge is -2.23. The number of alkyl carbamates (subject to hydrolysis) is 2. The highest BCUT2D eigenvalue weighted by atomic mass is 35.5. The molecular formula is C28H36ClN3O7. The summed E-state index contributed by atoms with van der Waals surface area (Å²) in [5, 5.41) is 8.56. The molecule has 3 N–H and O–H groups in total. The molecule has 0 aliphatic rings. The third-order valence-electron chi connectivity index (χ3n) is 5.36. The highest BCUT2D eigenvalue weighted by molar-refractivity contribution is 6.31. The molecule has 0 aliphatic carbocycles. The molecule has 0 spiro atoms. The molecule has 0 unspecified atom stereocenters. The van der Waals surface area contributed by atoms with Gasteiger partial charge in [0.15, 0.2) is 0 Å². The van der Waals surface area contributed by atoms with Crippen LogP contribution in [0.2, 0.25) is 5.02 Å². The highest BCUT2D eigenvalue weighted by Gasteiger charge is 2.25. The lowest BCUT2D eigenvalue weighted by Crippen LogP contribution is -2.46. The molecule has 0 aromatic heterocycles. The molecule has 2 rings (SSSR count). The van der Waals surface area contributed by atoms with Crippen LogP contribution in [0.1, 0.15) is 51.2 Å². The Labute approximate surface area is 233 Å². The van der Waals surface area contributed by atoms with Gasteiger partial charge in [-0.2, -0.15) is 0 Å². The van der Waals surface area contributed by atoms with Gasteiger partial charge in [0, 0.05) is 29.2 Å². The van der Waals surface area contributed by atoms with E-state index in [2.05, 4.69) is 16.0 Å². The standard InChI is InChI=1S/C28H36ClN3O7/c1-28(2,3)39-27(36)32-23(14-9-17-30-26(35)38-18-20-11-5-7-12-21(20)29)25(34)31-22-13-8-6-10-19(22)15-16-24(33)37-4/h5-8,10-13,23H,9,14-18H2,1-4H3,(H,30,35)(H,31,34)(H,32,36)/t23-/m0/s1. The second-order valence-corrected chi connectivity index (χ2v) is 10.1. The molecule has 0 radical (unpaired) electrons. The van der Waals surface area contributed by atoms with E-state index in [1.165, 1.54) is 7.11 Å².